The van der Waals surface area contributed by atoms with Crippen LogP contribution < -0.4 is 24.8 Å². The van der Waals surface area contributed by atoms with Crippen molar-refractivity contribution in [2.24, 2.45) is 5.92 Å². The fraction of sp³-hybridized carbons (Fsp3) is 0.487. The van der Waals surface area contributed by atoms with E-state index in [1.807, 2.05) is 36.4 Å². The Morgan fingerprint density at radius 3 is 2.70 bits per heavy atom. The summed E-state index contributed by atoms with van der Waals surface area (Å²) < 4.78 is 45.5. The quantitative estimate of drug-likeness (QED) is 0.297. The summed E-state index contributed by atoms with van der Waals surface area (Å²) >= 11 is 0. The summed E-state index contributed by atoms with van der Waals surface area (Å²) in [6.07, 6.45) is 11.4. The van der Waals surface area contributed by atoms with Crippen molar-refractivity contribution >= 4 is 56.6 Å². The van der Waals surface area contributed by atoms with Crippen LogP contribution in [0.25, 0.3) is 16.8 Å². The van der Waals surface area contributed by atoms with Gasteiger partial charge in [-0.1, -0.05) is 30.9 Å². The average molecular weight is 791 g/mol. The Labute approximate surface area is 324 Å². The van der Waals surface area contributed by atoms with Crippen molar-refractivity contribution in [3.05, 3.63) is 60.8 Å². The second-order valence-electron chi connectivity index (χ2n) is 14.8. The molecule has 17 heteroatoms. The van der Waals surface area contributed by atoms with Crippen LogP contribution in [0.1, 0.15) is 56.9 Å². The molecule has 1 saturated heterocycles. The van der Waals surface area contributed by atoms with Gasteiger partial charge in [-0.25, -0.2) is 18.2 Å². The van der Waals surface area contributed by atoms with Crippen molar-refractivity contribution in [3.63, 3.8) is 0 Å². The van der Waals surface area contributed by atoms with Crippen molar-refractivity contribution in [2.75, 3.05) is 33.4 Å². The standard InChI is InChI=1S/C39H46N6O10S/c1-3-33(46)44-16-8-4-7-11-26-21-39(26,37(49)43-56(51,52)28-12-13-28)42-34(47)31-20-27-22-45(31)36(48)30(23-44)41-38(50)54-17-9-5-6-10-25-18-29-24(19-32(25)53-2)14-15-40-35(29)55-27/h3,6-7,10-11,14-15,18-19,26-28,30-31H,1,4-5,8-9,12-13,16-17,20-23H2,2H3,(H,41,50)(H,42,47)(H,43,49)/t26-,27?,30+,31+,39-/m1/s1. The minimum absolute atomic E-state index is 0.0358. The van der Waals surface area contributed by atoms with E-state index < -0.39 is 74.6 Å². The number of allylic oxidation sites excluding steroid dienone is 2. The lowest BCUT2D eigenvalue weighted by Gasteiger charge is -2.32. The molecular formula is C39H46N6O10S. The maximum absolute atomic E-state index is 14.7. The number of ether oxygens (including phenoxy) is 3. The highest BCUT2D eigenvalue weighted by Gasteiger charge is 2.62. The molecule has 5 bridgehead atoms. The molecule has 5 amide bonds. The van der Waals surface area contributed by atoms with Crippen molar-refractivity contribution < 1.29 is 46.6 Å². The monoisotopic (exact) mass is 790 g/mol. The summed E-state index contributed by atoms with van der Waals surface area (Å²) in [4.78, 5) is 76.4. The van der Waals surface area contributed by atoms with Gasteiger partial charge in [0.2, 0.25) is 33.6 Å². The number of cyclic esters (lactones) is 1. The second kappa shape index (κ2) is 16.0. The third-order valence-electron chi connectivity index (χ3n) is 10.9. The van der Waals surface area contributed by atoms with E-state index in [9.17, 15) is 32.4 Å². The number of nitrogens with one attached hydrogen (secondary N) is 3. The topological polar surface area (TPSA) is 203 Å². The number of nitrogens with zero attached hydrogens (tertiary/aromatic N) is 3. The van der Waals surface area contributed by atoms with Crippen LogP contribution in [-0.2, 0) is 33.9 Å². The number of aromatic nitrogens is 1. The van der Waals surface area contributed by atoms with E-state index in [1.54, 1.807) is 19.4 Å². The van der Waals surface area contributed by atoms with Gasteiger partial charge in [-0.3, -0.25) is 23.9 Å². The molecule has 3 fully saturated rings. The molecule has 16 nitrogen and oxygen atoms in total. The fourth-order valence-electron chi connectivity index (χ4n) is 7.54. The number of sulfonamides is 1. The van der Waals surface area contributed by atoms with Crippen LogP contribution in [-0.4, -0.2) is 115 Å². The van der Waals surface area contributed by atoms with Crippen molar-refractivity contribution in [1.29, 1.82) is 0 Å². The van der Waals surface area contributed by atoms with Crippen molar-refractivity contribution in [1.82, 2.24) is 30.1 Å². The van der Waals surface area contributed by atoms with Gasteiger partial charge in [-0.2, -0.15) is 0 Å². The molecule has 3 N–H and O–H groups in total. The van der Waals surface area contributed by atoms with Gasteiger partial charge in [0.15, 0.2) is 0 Å². The van der Waals surface area contributed by atoms with Gasteiger partial charge in [0, 0.05) is 36.0 Å². The maximum Gasteiger partial charge on any atom is 0.407 e. The number of benzene rings is 1. The van der Waals surface area contributed by atoms with Gasteiger partial charge in [0.25, 0.3) is 5.91 Å². The predicted octanol–water partition coefficient (Wildman–Crippen LogP) is 2.34. The van der Waals surface area contributed by atoms with E-state index in [0.717, 1.165) is 17.0 Å². The molecule has 5 atom stereocenters. The largest absolute Gasteiger partial charge is 0.496 e. The van der Waals surface area contributed by atoms with Crippen LogP contribution in [0.4, 0.5) is 4.79 Å². The highest BCUT2D eigenvalue weighted by Crippen LogP contribution is 2.46. The lowest BCUT2D eigenvalue weighted by atomic mass is 10.1. The summed E-state index contributed by atoms with van der Waals surface area (Å²) in [7, 11) is -2.37. The first kappa shape index (κ1) is 38.8. The molecule has 4 heterocycles. The molecule has 1 unspecified atom stereocenters. The first-order valence-corrected chi connectivity index (χ1v) is 20.5. The van der Waals surface area contributed by atoms with E-state index >= 15 is 0 Å². The highest BCUT2D eigenvalue weighted by atomic mass is 32.2. The number of alkyl carbamates (subject to hydrolysis) is 1. The number of rotatable bonds is 5. The first-order valence-electron chi connectivity index (χ1n) is 18.9. The molecule has 1 aromatic carbocycles. The van der Waals surface area contributed by atoms with Crippen LogP contribution in [0.2, 0.25) is 0 Å². The van der Waals surface area contributed by atoms with Gasteiger partial charge < -0.3 is 34.6 Å². The van der Waals surface area contributed by atoms with Gasteiger partial charge in [-0.05, 0) is 74.6 Å². The lowest BCUT2D eigenvalue weighted by Crippen LogP contribution is -2.60. The molecule has 56 heavy (non-hydrogen) atoms. The van der Waals surface area contributed by atoms with Crippen molar-refractivity contribution in [3.8, 4) is 11.6 Å². The average Bonchev–Trinajstić information content (AvgIpc) is 4.10. The zero-order chi connectivity index (χ0) is 39.6. The Morgan fingerprint density at radius 2 is 1.93 bits per heavy atom. The molecule has 2 aromatic rings. The minimum atomic E-state index is -3.94. The summed E-state index contributed by atoms with van der Waals surface area (Å²) in [5.41, 5.74) is -0.824. The zero-order valence-electron chi connectivity index (χ0n) is 31.1. The zero-order valence-corrected chi connectivity index (χ0v) is 31.9. The van der Waals surface area contributed by atoms with Gasteiger partial charge >= 0.3 is 6.09 Å². The normalized spacial score (nSPS) is 27.3. The Balaban J connectivity index is 1.28. The van der Waals surface area contributed by atoms with Crippen LogP contribution in [0.15, 0.2) is 55.3 Å². The van der Waals surface area contributed by atoms with E-state index in [4.69, 9.17) is 14.2 Å². The Hall–Kier alpha value is -5.45. The SMILES string of the molecule is C=CC(=O)N1CCCC=C[C@@H]2C[C@@]2(C(=O)NS(=O)(=O)C2CC2)NC(=O)[C@@H]2CC3CN2C(=O)[C@H](C1)NC(=O)OCCCC=Cc1cc2c(nccc2cc1OC)O3. The van der Waals surface area contributed by atoms with Crippen molar-refractivity contribution in [2.45, 2.75) is 80.3 Å². The second-order valence-corrected chi connectivity index (χ2v) is 16.8. The third kappa shape index (κ3) is 8.22. The molecule has 5 aliphatic rings. The molecule has 2 aliphatic carbocycles. The molecule has 0 spiro atoms. The van der Waals surface area contributed by atoms with E-state index in [1.165, 1.54) is 9.80 Å². The Kier molecular flexibility index (Phi) is 11.1. The lowest BCUT2D eigenvalue weighted by molar-refractivity contribution is -0.142. The van der Waals surface area contributed by atoms with Gasteiger partial charge in [0.05, 0.1) is 32.1 Å². The number of carbonyl (C=O) groups is 5. The summed E-state index contributed by atoms with van der Waals surface area (Å²) in [5, 5.41) is 6.25. The summed E-state index contributed by atoms with van der Waals surface area (Å²) in [6, 6.07) is 2.98. The smallest absolute Gasteiger partial charge is 0.407 e. The number of amides is 5. The molecule has 1 aromatic heterocycles. The van der Waals surface area contributed by atoms with Crippen LogP contribution in [0.5, 0.6) is 11.6 Å². The van der Waals surface area contributed by atoms with Gasteiger partial charge in [0.1, 0.15) is 29.5 Å². The molecule has 7 rings (SSSR count). The number of fused-ring (bicyclic) bond motifs is 4. The van der Waals surface area contributed by atoms with E-state index in [0.29, 0.717) is 49.7 Å². The fourth-order valence-corrected chi connectivity index (χ4v) is 8.90. The number of hydrogen-bond donors (Lipinski definition) is 3. The number of methoxy groups -OCH3 is 1. The summed E-state index contributed by atoms with van der Waals surface area (Å²) in [5.74, 6) is -2.34. The third-order valence-corrected chi connectivity index (χ3v) is 12.7. The number of carbonyl (C=O) groups excluding carboxylic acids is 5. The van der Waals surface area contributed by atoms with Crippen LogP contribution >= 0.6 is 0 Å². The molecule has 2 saturated carbocycles. The van der Waals surface area contributed by atoms with Crippen LogP contribution in [0, 0.1) is 5.92 Å². The Morgan fingerprint density at radius 1 is 1.12 bits per heavy atom. The number of pyridine rings is 1. The molecule has 0 radical (unpaired) electrons. The highest BCUT2D eigenvalue weighted by molar-refractivity contribution is 7.91. The molecule has 3 aliphatic heterocycles. The summed E-state index contributed by atoms with van der Waals surface area (Å²) in [6.45, 7) is 3.48. The predicted molar refractivity (Wildman–Crippen MR) is 204 cm³/mol. The van der Waals surface area contributed by atoms with Gasteiger partial charge in [-0.15, -0.1) is 0 Å². The Bertz CT molecular complexity index is 2100. The first-order chi connectivity index (χ1) is 26.9. The maximum atomic E-state index is 14.7. The van der Waals surface area contributed by atoms with E-state index in [-0.39, 0.29) is 45.0 Å². The molecule has 298 valence electrons. The van der Waals surface area contributed by atoms with Crippen LogP contribution in [0.3, 0.4) is 0 Å². The molecular weight excluding hydrogens is 745 g/mol. The number of hydrogen-bond acceptors (Lipinski definition) is 11. The van der Waals surface area contributed by atoms with E-state index in [2.05, 4.69) is 26.9 Å². The minimum Gasteiger partial charge on any atom is -0.496 e.